The molecule has 2 heterocycles. The van der Waals surface area contributed by atoms with Crippen molar-refractivity contribution in [2.45, 2.75) is 42.2 Å². The fourth-order valence-electron chi connectivity index (χ4n) is 4.54. The Balaban J connectivity index is 1.38. The molecule has 1 amide bonds. The number of carbonyl (C=O) groups is 1. The van der Waals surface area contributed by atoms with Gasteiger partial charge in [0, 0.05) is 42.2 Å². The Morgan fingerprint density at radius 3 is 2.41 bits per heavy atom. The van der Waals surface area contributed by atoms with Gasteiger partial charge in [0.1, 0.15) is 0 Å². The third-order valence-electron chi connectivity index (χ3n) is 6.11. The summed E-state index contributed by atoms with van der Waals surface area (Å²) in [6, 6.07) is 8.24. The smallest absolute Gasteiger partial charge is 0.251 e. The van der Waals surface area contributed by atoms with E-state index >= 15 is 0 Å². The van der Waals surface area contributed by atoms with Gasteiger partial charge in [0.05, 0.1) is 17.8 Å². The quantitative estimate of drug-likeness (QED) is 0.802. The average Bonchev–Trinajstić information content (AvgIpc) is 3.28. The Bertz CT molecular complexity index is 620. The zero-order valence-corrected chi connectivity index (χ0v) is 17.6. The molecule has 3 aliphatic rings. The molecule has 0 spiro atoms. The summed E-state index contributed by atoms with van der Waals surface area (Å²) >= 11 is 4.00. The van der Waals surface area contributed by atoms with Crippen molar-refractivity contribution >= 4 is 29.4 Å². The van der Waals surface area contributed by atoms with Gasteiger partial charge in [0.2, 0.25) is 0 Å². The maximum Gasteiger partial charge on any atom is 0.251 e. The summed E-state index contributed by atoms with van der Waals surface area (Å²) in [7, 11) is 0. The van der Waals surface area contributed by atoms with Crippen molar-refractivity contribution < 1.29 is 9.53 Å². The number of benzene rings is 1. The SMILES string of the molecule is O=C(NCC1(N2CCOCC2)CCCCC1)c1ccc(C2SCCS2)cc1. The van der Waals surface area contributed by atoms with Gasteiger partial charge in [-0.25, -0.2) is 0 Å². The van der Waals surface area contributed by atoms with Crippen LogP contribution in [0.25, 0.3) is 0 Å². The standard InChI is InChI=1S/C21H30N2O2S2/c24-19(17-4-6-18(7-5-17)20-26-14-15-27-20)22-16-21(8-2-1-3-9-21)23-10-12-25-13-11-23/h4-7,20H,1-3,8-16H2,(H,22,24). The van der Waals surface area contributed by atoms with E-state index in [0.29, 0.717) is 4.58 Å². The van der Waals surface area contributed by atoms with Crippen molar-refractivity contribution in [1.29, 1.82) is 0 Å². The number of nitrogens with zero attached hydrogens (tertiary/aromatic N) is 1. The maximum absolute atomic E-state index is 12.8. The predicted molar refractivity (Wildman–Crippen MR) is 115 cm³/mol. The number of hydrogen-bond donors (Lipinski definition) is 1. The molecule has 0 atom stereocenters. The molecule has 0 aromatic heterocycles. The minimum Gasteiger partial charge on any atom is -0.379 e. The minimum atomic E-state index is 0.0616. The van der Waals surface area contributed by atoms with Crippen LogP contribution >= 0.6 is 23.5 Å². The number of carbonyl (C=O) groups excluding carboxylic acids is 1. The first-order valence-electron chi connectivity index (χ1n) is 10.2. The van der Waals surface area contributed by atoms with E-state index in [0.717, 1.165) is 38.4 Å². The van der Waals surface area contributed by atoms with Gasteiger partial charge in [0.15, 0.2) is 0 Å². The van der Waals surface area contributed by atoms with E-state index in [1.165, 1.54) is 49.2 Å². The van der Waals surface area contributed by atoms with Crippen molar-refractivity contribution in [1.82, 2.24) is 10.2 Å². The van der Waals surface area contributed by atoms with Crippen molar-refractivity contribution in [3.05, 3.63) is 35.4 Å². The van der Waals surface area contributed by atoms with Crippen LogP contribution in [-0.4, -0.2) is 60.7 Å². The highest BCUT2D eigenvalue weighted by Gasteiger charge is 2.38. The van der Waals surface area contributed by atoms with Crippen LogP contribution in [0.4, 0.5) is 0 Å². The summed E-state index contributed by atoms with van der Waals surface area (Å²) in [5, 5.41) is 3.26. The van der Waals surface area contributed by atoms with Crippen LogP contribution in [0, 0.1) is 0 Å². The van der Waals surface area contributed by atoms with Gasteiger partial charge < -0.3 is 10.1 Å². The second-order valence-corrected chi connectivity index (χ2v) is 10.5. The van der Waals surface area contributed by atoms with Gasteiger partial charge >= 0.3 is 0 Å². The predicted octanol–water partition coefficient (Wildman–Crippen LogP) is 3.93. The van der Waals surface area contributed by atoms with Crippen molar-refractivity contribution in [3.63, 3.8) is 0 Å². The second-order valence-electron chi connectivity index (χ2n) is 7.76. The van der Waals surface area contributed by atoms with Crippen molar-refractivity contribution in [2.24, 2.45) is 0 Å². The van der Waals surface area contributed by atoms with Gasteiger partial charge in [-0.15, -0.1) is 23.5 Å². The first-order valence-corrected chi connectivity index (χ1v) is 12.3. The number of morpholine rings is 1. The largest absolute Gasteiger partial charge is 0.379 e. The summed E-state index contributed by atoms with van der Waals surface area (Å²) in [5.74, 6) is 2.51. The number of rotatable bonds is 5. The van der Waals surface area contributed by atoms with Crippen LogP contribution in [-0.2, 0) is 4.74 Å². The van der Waals surface area contributed by atoms with E-state index in [1.807, 2.05) is 35.7 Å². The summed E-state index contributed by atoms with van der Waals surface area (Å²) in [6.07, 6.45) is 6.21. The zero-order chi connectivity index (χ0) is 18.5. The lowest BCUT2D eigenvalue weighted by Crippen LogP contribution is -2.59. The van der Waals surface area contributed by atoms with Gasteiger partial charge in [-0.05, 0) is 30.5 Å². The Kier molecular flexibility index (Phi) is 6.69. The second kappa shape index (κ2) is 9.21. The first-order chi connectivity index (χ1) is 13.3. The topological polar surface area (TPSA) is 41.6 Å². The molecule has 1 N–H and O–H groups in total. The Morgan fingerprint density at radius 2 is 1.74 bits per heavy atom. The average molecular weight is 407 g/mol. The summed E-state index contributed by atoms with van der Waals surface area (Å²) in [5.41, 5.74) is 2.23. The van der Waals surface area contributed by atoms with Crippen molar-refractivity contribution in [3.8, 4) is 0 Å². The van der Waals surface area contributed by atoms with Crippen LogP contribution in [0.3, 0.4) is 0 Å². The first kappa shape index (κ1) is 19.6. The molecule has 6 heteroatoms. The van der Waals surface area contributed by atoms with E-state index < -0.39 is 0 Å². The van der Waals surface area contributed by atoms with E-state index in [9.17, 15) is 4.79 Å². The molecule has 1 aromatic rings. The summed E-state index contributed by atoms with van der Waals surface area (Å²) in [6.45, 7) is 4.35. The molecule has 2 saturated heterocycles. The maximum atomic E-state index is 12.8. The number of thioether (sulfide) groups is 2. The third kappa shape index (κ3) is 4.66. The third-order valence-corrected chi connectivity index (χ3v) is 9.22. The molecule has 4 nitrogen and oxygen atoms in total. The number of hydrogen-bond acceptors (Lipinski definition) is 5. The monoisotopic (exact) mass is 406 g/mol. The molecule has 4 rings (SSSR count). The van der Waals surface area contributed by atoms with Crippen LogP contribution in [0.1, 0.15) is 52.6 Å². The molecule has 3 fully saturated rings. The normalized spacial score (nSPS) is 24.0. The molecule has 0 radical (unpaired) electrons. The van der Waals surface area contributed by atoms with Gasteiger partial charge in [-0.2, -0.15) is 0 Å². The van der Waals surface area contributed by atoms with Gasteiger partial charge in [0.25, 0.3) is 5.91 Å². The molecule has 2 aliphatic heterocycles. The summed E-state index contributed by atoms with van der Waals surface area (Å²) < 4.78 is 6.09. The minimum absolute atomic E-state index is 0.0616. The molecule has 1 saturated carbocycles. The number of amides is 1. The molecule has 0 bridgehead atoms. The van der Waals surface area contributed by atoms with E-state index in [4.69, 9.17) is 4.74 Å². The molecule has 1 aliphatic carbocycles. The zero-order valence-electron chi connectivity index (χ0n) is 16.0. The lowest BCUT2D eigenvalue weighted by molar-refractivity contribution is -0.0361. The van der Waals surface area contributed by atoms with Crippen LogP contribution in [0.2, 0.25) is 0 Å². The van der Waals surface area contributed by atoms with Gasteiger partial charge in [-0.1, -0.05) is 31.4 Å². The highest BCUT2D eigenvalue weighted by Crippen LogP contribution is 2.45. The fraction of sp³-hybridized carbons (Fsp3) is 0.667. The van der Waals surface area contributed by atoms with Crippen LogP contribution in [0.5, 0.6) is 0 Å². The molecule has 148 valence electrons. The van der Waals surface area contributed by atoms with Crippen LogP contribution < -0.4 is 5.32 Å². The number of ether oxygens (including phenoxy) is 1. The molecule has 0 unspecified atom stereocenters. The Hall–Kier alpha value is -0.690. The van der Waals surface area contributed by atoms with Crippen LogP contribution in [0.15, 0.2) is 24.3 Å². The Labute approximate surface area is 171 Å². The van der Waals surface area contributed by atoms with Gasteiger partial charge in [-0.3, -0.25) is 9.69 Å². The lowest BCUT2D eigenvalue weighted by Gasteiger charge is -2.48. The molecule has 27 heavy (non-hydrogen) atoms. The fourth-order valence-corrected chi connectivity index (χ4v) is 7.40. The molecular formula is C21H30N2O2S2. The Morgan fingerprint density at radius 1 is 1.07 bits per heavy atom. The van der Waals surface area contributed by atoms with E-state index in [-0.39, 0.29) is 11.4 Å². The lowest BCUT2D eigenvalue weighted by atomic mass is 9.79. The number of nitrogens with one attached hydrogen (secondary N) is 1. The summed E-state index contributed by atoms with van der Waals surface area (Å²) in [4.78, 5) is 15.4. The van der Waals surface area contributed by atoms with Crippen molar-refractivity contribution in [2.75, 3.05) is 44.4 Å². The van der Waals surface area contributed by atoms with E-state index in [2.05, 4.69) is 22.3 Å². The molecule has 1 aromatic carbocycles. The van der Waals surface area contributed by atoms with E-state index in [1.54, 1.807) is 0 Å². The highest BCUT2D eigenvalue weighted by molar-refractivity contribution is 8.19. The molecular weight excluding hydrogens is 376 g/mol. The highest BCUT2D eigenvalue weighted by atomic mass is 32.2.